The van der Waals surface area contributed by atoms with Gasteiger partial charge in [-0.3, -0.25) is 4.79 Å². The highest BCUT2D eigenvalue weighted by Gasteiger charge is 2.13. The van der Waals surface area contributed by atoms with E-state index in [2.05, 4.69) is 5.32 Å². The molecule has 2 aromatic carbocycles. The van der Waals surface area contributed by atoms with Gasteiger partial charge in [-0.1, -0.05) is 30.3 Å². The summed E-state index contributed by atoms with van der Waals surface area (Å²) < 4.78 is 5.08. The molecule has 0 unspecified atom stereocenters. The van der Waals surface area contributed by atoms with Gasteiger partial charge in [-0.15, -0.1) is 11.8 Å². The van der Waals surface area contributed by atoms with Crippen LogP contribution in [-0.2, 0) is 9.53 Å². The first-order chi connectivity index (χ1) is 11.6. The minimum atomic E-state index is -0.468. The van der Waals surface area contributed by atoms with Gasteiger partial charge < -0.3 is 10.1 Å². The Hall–Kier alpha value is -2.27. The van der Waals surface area contributed by atoms with E-state index >= 15 is 0 Å². The summed E-state index contributed by atoms with van der Waals surface area (Å²) >= 11 is 1.66. The number of amides is 1. The lowest BCUT2D eigenvalue weighted by Crippen LogP contribution is -2.30. The highest BCUT2D eigenvalue weighted by atomic mass is 32.2. The molecular weight excluding hydrogens is 322 g/mol. The molecule has 0 atom stereocenters. The van der Waals surface area contributed by atoms with Crippen LogP contribution in [0.1, 0.15) is 21.5 Å². The zero-order chi connectivity index (χ0) is 17.4. The van der Waals surface area contributed by atoms with E-state index in [-0.39, 0.29) is 12.5 Å². The number of ether oxygens (including phenoxy) is 1. The molecule has 0 fully saturated rings. The monoisotopic (exact) mass is 343 g/mol. The van der Waals surface area contributed by atoms with E-state index in [9.17, 15) is 9.59 Å². The number of thioether (sulfide) groups is 1. The molecule has 126 valence electrons. The Bertz CT molecular complexity index is 701. The van der Waals surface area contributed by atoms with E-state index in [1.165, 1.54) is 0 Å². The van der Waals surface area contributed by atoms with E-state index in [1.54, 1.807) is 23.9 Å². The minimum absolute atomic E-state index is 0.262. The maximum atomic E-state index is 12.0. The molecule has 4 nitrogen and oxygen atoms in total. The van der Waals surface area contributed by atoms with Crippen molar-refractivity contribution in [3.8, 4) is 0 Å². The van der Waals surface area contributed by atoms with Crippen LogP contribution in [0.15, 0.2) is 53.4 Å². The van der Waals surface area contributed by atoms with Crippen LogP contribution in [0.25, 0.3) is 0 Å². The van der Waals surface area contributed by atoms with Crippen molar-refractivity contribution in [2.45, 2.75) is 18.7 Å². The van der Waals surface area contributed by atoms with Crippen molar-refractivity contribution in [3.63, 3.8) is 0 Å². The van der Waals surface area contributed by atoms with Gasteiger partial charge in [-0.25, -0.2) is 4.79 Å². The Kier molecular flexibility index (Phi) is 6.88. The Morgan fingerprint density at radius 2 is 1.79 bits per heavy atom. The SMILES string of the molecule is Cc1cccc(C(=O)OCC(=O)NCCSc2ccccc2)c1C. The minimum Gasteiger partial charge on any atom is -0.452 e. The van der Waals surface area contributed by atoms with Crippen molar-refractivity contribution >= 4 is 23.6 Å². The summed E-state index contributed by atoms with van der Waals surface area (Å²) in [6.45, 7) is 4.07. The molecule has 0 aliphatic rings. The summed E-state index contributed by atoms with van der Waals surface area (Å²) in [7, 11) is 0. The number of nitrogens with one attached hydrogen (secondary N) is 1. The molecule has 0 saturated carbocycles. The maximum Gasteiger partial charge on any atom is 0.338 e. The smallest absolute Gasteiger partial charge is 0.338 e. The molecule has 2 aromatic rings. The summed E-state index contributed by atoms with van der Waals surface area (Å²) in [6, 6.07) is 15.4. The van der Waals surface area contributed by atoms with E-state index in [0.717, 1.165) is 21.8 Å². The number of carbonyl (C=O) groups is 2. The second-order valence-electron chi connectivity index (χ2n) is 5.34. The molecular formula is C19H21NO3S. The molecule has 24 heavy (non-hydrogen) atoms. The maximum absolute atomic E-state index is 12.0. The molecule has 0 spiro atoms. The third-order valence-electron chi connectivity index (χ3n) is 3.60. The van der Waals surface area contributed by atoms with Crippen LogP contribution in [0.5, 0.6) is 0 Å². The third kappa shape index (κ3) is 5.42. The first-order valence-electron chi connectivity index (χ1n) is 7.76. The molecule has 5 heteroatoms. The summed E-state index contributed by atoms with van der Waals surface area (Å²) in [6.07, 6.45) is 0. The van der Waals surface area contributed by atoms with E-state index in [4.69, 9.17) is 4.74 Å². The Morgan fingerprint density at radius 3 is 2.54 bits per heavy atom. The van der Waals surface area contributed by atoms with E-state index in [0.29, 0.717) is 12.1 Å². The van der Waals surface area contributed by atoms with Crippen molar-refractivity contribution in [1.82, 2.24) is 5.32 Å². The number of esters is 1. The zero-order valence-corrected chi connectivity index (χ0v) is 14.7. The van der Waals surface area contributed by atoms with E-state index < -0.39 is 5.97 Å². The third-order valence-corrected chi connectivity index (χ3v) is 4.61. The number of carbonyl (C=O) groups excluding carboxylic acids is 2. The van der Waals surface area contributed by atoms with Gasteiger partial charge in [0.2, 0.25) is 0 Å². The van der Waals surface area contributed by atoms with Gasteiger partial charge in [0.25, 0.3) is 5.91 Å². The fraction of sp³-hybridized carbons (Fsp3) is 0.263. The fourth-order valence-electron chi connectivity index (χ4n) is 2.11. The van der Waals surface area contributed by atoms with Crippen LogP contribution in [0, 0.1) is 13.8 Å². The number of benzene rings is 2. The van der Waals surface area contributed by atoms with Gasteiger partial charge in [0.1, 0.15) is 0 Å². The molecule has 0 heterocycles. The summed E-state index contributed by atoms with van der Waals surface area (Å²) in [5.74, 6) is 0.00747. The standard InChI is InChI=1S/C19H21NO3S/c1-14-7-6-10-17(15(14)2)19(22)23-13-18(21)20-11-12-24-16-8-4-3-5-9-16/h3-10H,11-13H2,1-2H3,(H,20,21). The first-order valence-corrected chi connectivity index (χ1v) is 8.74. The summed E-state index contributed by atoms with van der Waals surface area (Å²) in [5, 5.41) is 2.75. The Morgan fingerprint density at radius 1 is 1.04 bits per heavy atom. The molecule has 1 N–H and O–H groups in total. The highest BCUT2D eigenvalue weighted by molar-refractivity contribution is 7.99. The second-order valence-corrected chi connectivity index (χ2v) is 6.50. The van der Waals surface area contributed by atoms with Gasteiger partial charge in [0.05, 0.1) is 5.56 Å². The quantitative estimate of drug-likeness (QED) is 0.476. The van der Waals surface area contributed by atoms with Crippen molar-refractivity contribution in [3.05, 3.63) is 65.2 Å². The molecule has 0 saturated heterocycles. The summed E-state index contributed by atoms with van der Waals surface area (Å²) in [5.41, 5.74) is 2.40. The highest BCUT2D eigenvalue weighted by Crippen LogP contribution is 2.16. The molecule has 2 rings (SSSR count). The van der Waals surface area contributed by atoms with Crippen LogP contribution < -0.4 is 5.32 Å². The predicted octanol–water partition coefficient (Wildman–Crippen LogP) is 3.37. The average Bonchev–Trinajstić information content (AvgIpc) is 2.60. The fourth-order valence-corrected chi connectivity index (χ4v) is 2.90. The average molecular weight is 343 g/mol. The van der Waals surface area contributed by atoms with Crippen LogP contribution in [0.3, 0.4) is 0 Å². The number of hydrogen-bond donors (Lipinski definition) is 1. The normalized spacial score (nSPS) is 10.2. The lowest BCUT2D eigenvalue weighted by molar-refractivity contribution is -0.124. The van der Waals surface area contributed by atoms with Crippen molar-refractivity contribution in [1.29, 1.82) is 0 Å². The molecule has 0 aliphatic carbocycles. The van der Waals surface area contributed by atoms with Crippen molar-refractivity contribution in [2.75, 3.05) is 18.9 Å². The van der Waals surface area contributed by atoms with Crippen LogP contribution >= 0.6 is 11.8 Å². The lowest BCUT2D eigenvalue weighted by Gasteiger charge is -2.09. The number of rotatable bonds is 7. The number of aryl methyl sites for hydroxylation is 1. The van der Waals surface area contributed by atoms with Gasteiger partial charge in [-0.2, -0.15) is 0 Å². The van der Waals surface area contributed by atoms with Crippen LogP contribution in [-0.4, -0.2) is 30.8 Å². The van der Waals surface area contributed by atoms with Gasteiger partial charge >= 0.3 is 5.97 Å². The van der Waals surface area contributed by atoms with Gasteiger partial charge in [-0.05, 0) is 43.2 Å². The number of hydrogen-bond acceptors (Lipinski definition) is 4. The topological polar surface area (TPSA) is 55.4 Å². The van der Waals surface area contributed by atoms with Gasteiger partial charge in [0, 0.05) is 17.2 Å². The molecule has 0 aromatic heterocycles. The lowest BCUT2D eigenvalue weighted by atomic mass is 10.0. The van der Waals surface area contributed by atoms with Crippen molar-refractivity contribution in [2.24, 2.45) is 0 Å². The Balaban J connectivity index is 1.69. The first kappa shape index (κ1) is 18.1. The van der Waals surface area contributed by atoms with Crippen LogP contribution in [0.4, 0.5) is 0 Å². The van der Waals surface area contributed by atoms with Crippen molar-refractivity contribution < 1.29 is 14.3 Å². The predicted molar refractivity (Wildman–Crippen MR) is 96.4 cm³/mol. The molecule has 0 radical (unpaired) electrons. The molecule has 0 aliphatic heterocycles. The zero-order valence-electron chi connectivity index (χ0n) is 13.9. The largest absolute Gasteiger partial charge is 0.452 e. The Labute approximate surface area is 146 Å². The molecule has 1 amide bonds. The van der Waals surface area contributed by atoms with Crippen LogP contribution in [0.2, 0.25) is 0 Å². The second kappa shape index (κ2) is 9.13. The molecule has 0 bridgehead atoms. The van der Waals surface area contributed by atoms with Gasteiger partial charge in [0.15, 0.2) is 6.61 Å². The summed E-state index contributed by atoms with van der Waals surface area (Å²) in [4.78, 5) is 24.9. The van der Waals surface area contributed by atoms with E-state index in [1.807, 2.05) is 50.2 Å².